The molecule has 2 aromatic heterocycles. The van der Waals surface area contributed by atoms with Crippen LogP contribution in [0.25, 0.3) is 5.78 Å². The Labute approximate surface area is 204 Å². The average molecular weight is 481 g/mol. The predicted octanol–water partition coefficient (Wildman–Crippen LogP) is 3.22. The maximum absolute atomic E-state index is 13.4. The summed E-state index contributed by atoms with van der Waals surface area (Å²) < 4.78 is 7.23. The van der Waals surface area contributed by atoms with Gasteiger partial charge in [0.2, 0.25) is 5.16 Å². The van der Waals surface area contributed by atoms with E-state index in [0.29, 0.717) is 22.6 Å². The van der Waals surface area contributed by atoms with Crippen LogP contribution in [0, 0.1) is 19.8 Å². The van der Waals surface area contributed by atoms with E-state index >= 15 is 0 Å². The van der Waals surface area contributed by atoms with Gasteiger partial charge in [0, 0.05) is 55.4 Å². The SMILES string of the molecule is Cc1cc(C)n2nc(SCc3ccccc3C(=O)N3CCC(CN4CCOCC4)CC3)nc2n1. The minimum Gasteiger partial charge on any atom is -0.379 e. The molecule has 1 amide bonds. The summed E-state index contributed by atoms with van der Waals surface area (Å²) in [6.07, 6.45) is 2.13. The first-order valence-electron chi connectivity index (χ1n) is 12.1. The monoisotopic (exact) mass is 480 g/mol. The Kier molecular flexibility index (Phi) is 7.12. The number of carbonyl (C=O) groups is 1. The van der Waals surface area contributed by atoms with E-state index < -0.39 is 0 Å². The first-order chi connectivity index (χ1) is 16.6. The van der Waals surface area contributed by atoms with Crippen LogP contribution >= 0.6 is 11.8 Å². The number of hydrogen-bond acceptors (Lipinski definition) is 7. The van der Waals surface area contributed by atoms with Crippen molar-refractivity contribution in [1.82, 2.24) is 29.4 Å². The summed E-state index contributed by atoms with van der Waals surface area (Å²) in [6, 6.07) is 9.92. The summed E-state index contributed by atoms with van der Waals surface area (Å²) in [5.41, 5.74) is 3.75. The Hall–Kier alpha value is -2.49. The third-order valence-electron chi connectivity index (χ3n) is 6.73. The van der Waals surface area contributed by atoms with Crippen LogP contribution in [-0.2, 0) is 10.5 Å². The van der Waals surface area contributed by atoms with Gasteiger partial charge in [-0.25, -0.2) is 9.50 Å². The molecule has 0 bridgehead atoms. The van der Waals surface area contributed by atoms with Gasteiger partial charge in [-0.3, -0.25) is 9.69 Å². The van der Waals surface area contributed by atoms with Crippen LogP contribution in [0.15, 0.2) is 35.5 Å². The van der Waals surface area contributed by atoms with E-state index in [1.165, 1.54) is 0 Å². The second kappa shape index (κ2) is 10.4. The van der Waals surface area contributed by atoms with Gasteiger partial charge in [-0.2, -0.15) is 4.98 Å². The van der Waals surface area contributed by atoms with Gasteiger partial charge in [0.1, 0.15) is 0 Å². The molecule has 0 N–H and O–H groups in total. The number of rotatable bonds is 6. The lowest BCUT2D eigenvalue weighted by Gasteiger charge is -2.36. The van der Waals surface area contributed by atoms with E-state index in [4.69, 9.17) is 4.74 Å². The molecular formula is C25H32N6O2S. The number of morpholine rings is 1. The lowest BCUT2D eigenvalue weighted by atomic mass is 9.95. The zero-order chi connectivity index (χ0) is 23.5. The summed E-state index contributed by atoms with van der Waals surface area (Å²) in [6.45, 7) is 10.5. The molecule has 0 unspecified atom stereocenters. The molecule has 4 heterocycles. The quantitative estimate of drug-likeness (QED) is 0.502. The van der Waals surface area contributed by atoms with Crippen molar-refractivity contribution in [3.63, 3.8) is 0 Å². The molecule has 2 aliphatic rings. The fourth-order valence-corrected chi connectivity index (χ4v) is 5.67. The average Bonchev–Trinajstić information content (AvgIpc) is 3.27. The van der Waals surface area contributed by atoms with E-state index in [2.05, 4.69) is 20.0 Å². The predicted molar refractivity (Wildman–Crippen MR) is 132 cm³/mol. The molecule has 3 aromatic rings. The van der Waals surface area contributed by atoms with Crippen molar-refractivity contribution in [2.75, 3.05) is 45.9 Å². The highest BCUT2D eigenvalue weighted by Gasteiger charge is 2.26. The molecule has 2 saturated heterocycles. The highest BCUT2D eigenvalue weighted by atomic mass is 32.2. The van der Waals surface area contributed by atoms with Crippen LogP contribution in [0.4, 0.5) is 0 Å². The maximum Gasteiger partial charge on any atom is 0.254 e. The van der Waals surface area contributed by atoms with Gasteiger partial charge in [0.15, 0.2) is 0 Å². The summed E-state index contributed by atoms with van der Waals surface area (Å²) in [4.78, 5) is 27.0. The summed E-state index contributed by atoms with van der Waals surface area (Å²) in [7, 11) is 0. The Morgan fingerprint density at radius 3 is 2.65 bits per heavy atom. The van der Waals surface area contributed by atoms with Crippen LogP contribution in [0.1, 0.15) is 40.2 Å². The third kappa shape index (κ3) is 5.26. The largest absolute Gasteiger partial charge is 0.379 e. The zero-order valence-electron chi connectivity index (χ0n) is 19.9. The lowest BCUT2D eigenvalue weighted by molar-refractivity contribution is 0.0243. The highest BCUT2D eigenvalue weighted by molar-refractivity contribution is 7.98. The van der Waals surface area contributed by atoms with Gasteiger partial charge in [-0.15, -0.1) is 5.10 Å². The minimum absolute atomic E-state index is 0.136. The van der Waals surface area contributed by atoms with Crippen LogP contribution in [-0.4, -0.2) is 81.2 Å². The molecule has 0 aliphatic carbocycles. The summed E-state index contributed by atoms with van der Waals surface area (Å²) >= 11 is 1.54. The van der Waals surface area contributed by atoms with Crippen molar-refractivity contribution >= 4 is 23.4 Å². The number of likely N-dealkylation sites (tertiary alicyclic amines) is 1. The van der Waals surface area contributed by atoms with E-state index in [9.17, 15) is 4.79 Å². The number of amides is 1. The molecule has 0 radical (unpaired) electrons. The zero-order valence-corrected chi connectivity index (χ0v) is 20.8. The first-order valence-corrected chi connectivity index (χ1v) is 13.1. The first kappa shape index (κ1) is 23.3. The summed E-state index contributed by atoms with van der Waals surface area (Å²) in [5.74, 6) is 2.06. The summed E-state index contributed by atoms with van der Waals surface area (Å²) in [5, 5.41) is 5.26. The molecule has 5 rings (SSSR count). The standard InChI is InChI=1S/C25H32N6O2S/c1-18-15-19(2)31-24(26-18)27-25(28-31)34-17-21-5-3-4-6-22(21)23(32)30-9-7-20(8-10-30)16-29-11-13-33-14-12-29/h3-6,15,20H,7-14,16-17H2,1-2H3. The van der Waals surface area contributed by atoms with E-state index in [-0.39, 0.29) is 5.91 Å². The molecule has 0 atom stereocenters. The van der Waals surface area contributed by atoms with Crippen LogP contribution < -0.4 is 0 Å². The van der Waals surface area contributed by atoms with Crippen molar-refractivity contribution in [2.24, 2.45) is 5.92 Å². The Balaban J connectivity index is 1.21. The second-order valence-electron chi connectivity index (χ2n) is 9.24. The molecule has 0 spiro atoms. The molecule has 2 fully saturated rings. The molecular weight excluding hydrogens is 448 g/mol. The number of carbonyl (C=O) groups excluding carboxylic acids is 1. The Morgan fingerprint density at radius 1 is 1.09 bits per heavy atom. The number of hydrogen-bond donors (Lipinski definition) is 0. The number of aromatic nitrogens is 4. The van der Waals surface area contributed by atoms with Crippen LogP contribution in [0.2, 0.25) is 0 Å². The third-order valence-corrected chi connectivity index (χ3v) is 7.61. The van der Waals surface area contributed by atoms with Gasteiger partial charge in [0.05, 0.1) is 13.2 Å². The highest BCUT2D eigenvalue weighted by Crippen LogP contribution is 2.26. The number of piperidine rings is 1. The second-order valence-corrected chi connectivity index (χ2v) is 10.2. The molecule has 34 heavy (non-hydrogen) atoms. The smallest absolute Gasteiger partial charge is 0.254 e. The Morgan fingerprint density at radius 2 is 1.85 bits per heavy atom. The lowest BCUT2D eigenvalue weighted by Crippen LogP contribution is -2.44. The molecule has 9 heteroatoms. The molecule has 8 nitrogen and oxygen atoms in total. The van der Waals surface area contributed by atoms with Crippen molar-refractivity contribution in [1.29, 1.82) is 0 Å². The van der Waals surface area contributed by atoms with Gasteiger partial charge in [-0.05, 0) is 50.3 Å². The van der Waals surface area contributed by atoms with Gasteiger partial charge >= 0.3 is 0 Å². The van der Waals surface area contributed by atoms with Crippen molar-refractivity contribution in [3.8, 4) is 0 Å². The van der Waals surface area contributed by atoms with Crippen molar-refractivity contribution < 1.29 is 9.53 Å². The molecule has 2 aliphatic heterocycles. The van der Waals surface area contributed by atoms with Crippen molar-refractivity contribution in [3.05, 3.63) is 52.8 Å². The van der Waals surface area contributed by atoms with Crippen molar-refractivity contribution in [2.45, 2.75) is 37.6 Å². The maximum atomic E-state index is 13.4. The number of aryl methyl sites for hydroxylation is 2. The number of nitrogens with zero attached hydrogens (tertiary/aromatic N) is 6. The topological polar surface area (TPSA) is 75.9 Å². The van der Waals surface area contributed by atoms with E-state index in [1.807, 2.05) is 49.1 Å². The number of benzene rings is 1. The van der Waals surface area contributed by atoms with E-state index in [0.717, 1.165) is 81.3 Å². The number of thioether (sulfide) groups is 1. The molecule has 0 saturated carbocycles. The fourth-order valence-electron chi connectivity index (χ4n) is 4.84. The van der Waals surface area contributed by atoms with Crippen LogP contribution in [0.5, 0.6) is 0 Å². The minimum atomic E-state index is 0.136. The normalized spacial score (nSPS) is 18.0. The van der Waals surface area contributed by atoms with E-state index in [1.54, 1.807) is 16.3 Å². The van der Waals surface area contributed by atoms with Crippen LogP contribution in [0.3, 0.4) is 0 Å². The van der Waals surface area contributed by atoms with Gasteiger partial charge in [0.25, 0.3) is 11.7 Å². The fraction of sp³-hybridized carbons (Fsp3) is 0.520. The Bertz CT molecular complexity index is 1150. The van der Waals surface area contributed by atoms with Gasteiger partial charge < -0.3 is 9.64 Å². The molecule has 180 valence electrons. The van der Waals surface area contributed by atoms with Gasteiger partial charge in [-0.1, -0.05) is 30.0 Å². The number of fused-ring (bicyclic) bond motifs is 1. The molecule has 1 aromatic carbocycles. The number of ether oxygens (including phenoxy) is 1.